The number of sulfonamides is 1. The number of alkyl halides is 3. The van der Waals surface area contributed by atoms with Crippen LogP contribution in [0.3, 0.4) is 0 Å². The molecule has 14 heteroatoms. The first-order chi connectivity index (χ1) is 18.2. The average molecular weight is 593 g/mol. The van der Waals surface area contributed by atoms with Crippen molar-refractivity contribution in [2.45, 2.75) is 53.0 Å². The third-order valence-electron chi connectivity index (χ3n) is 6.96. The molecule has 2 heterocycles. The average Bonchev–Trinajstić information content (AvgIpc) is 3.28. The molecule has 0 aliphatic carbocycles. The van der Waals surface area contributed by atoms with Crippen molar-refractivity contribution in [1.29, 1.82) is 0 Å². The van der Waals surface area contributed by atoms with Crippen LogP contribution in [0.4, 0.5) is 13.2 Å². The van der Waals surface area contributed by atoms with Gasteiger partial charge >= 0.3 is 6.18 Å². The van der Waals surface area contributed by atoms with Gasteiger partial charge in [0.25, 0.3) is 0 Å². The molecule has 39 heavy (non-hydrogen) atoms. The Hall–Kier alpha value is -2.23. The number of halogens is 3. The first-order valence-corrected chi connectivity index (χ1v) is 15.7. The minimum absolute atomic E-state index is 0.0543. The molecule has 2 N–H and O–H groups in total. The van der Waals surface area contributed by atoms with E-state index in [0.717, 1.165) is 18.4 Å². The van der Waals surface area contributed by atoms with Crippen molar-refractivity contribution >= 4 is 19.9 Å². The number of piperidine rings is 1. The fourth-order valence-electron chi connectivity index (χ4n) is 4.79. The minimum Gasteiger partial charge on any atom is -0.491 e. The standard InChI is InChI=1S/C25H31F3N2O7S2/c1-38(32,33)22-6-3-5-21(13-22)36-17-20(31)15-29-19-14-24(37-16-19)8-10-30(11-9-24)39(34,35)23-7-2-4-18(12-23)25(26,27)28/h2-7,12-13,19-20,29,31H,8-11,14-17H2,1H3/t19?,20-/m0/s1. The van der Waals surface area contributed by atoms with E-state index in [0.29, 0.717) is 37.7 Å². The number of sulfone groups is 1. The van der Waals surface area contributed by atoms with Gasteiger partial charge in [-0.3, -0.25) is 0 Å². The molecule has 2 atom stereocenters. The highest BCUT2D eigenvalue weighted by Gasteiger charge is 2.45. The number of aliphatic hydroxyl groups is 1. The predicted molar refractivity (Wildman–Crippen MR) is 136 cm³/mol. The molecule has 2 aromatic rings. The van der Waals surface area contributed by atoms with E-state index < -0.39 is 43.3 Å². The summed E-state index contributed by atoms with van der Waals surface area (Å²) in [5.41, 5.74) is -1.56. The number of nitrogens with one attached hydrogen (secondary N) is 1. The van der Waals surface area contributed by atoms with Crippen molar-refractivity contribution in [3.8, 4) is 5.75 Å². The second-order valence-corrected chi connectivity index (χ2v) is 13.9. The molecule has 216 valence electrons. The third kappa shape index (κ3) is 7.30. The highest BCUT2D eigenvalue weighted by molar-refractivity contribution is 7.90. The van der Waals surface area contributed by atoms with E-state index in [9.17, 15) is 35.1 Å². The Morgan fingerprint density at radius 1 is 1.10 bits per heavy atom. The molecule has 4 rings (SSSR count). The molecule has 2 saturated heterocycles. The van der Waals surface area contributed by atoms with Crippen molar-refractivity contribution in [1.82, 2.24) is 9.62 Å². The Bertz CT molecular complexity index is 1380. The fraction of sp³-hybridized carbons (Fsp3) is 0.520. The van der Waals surface area contributed by atoms with Gasteiger partial charge in [-0.25, -0.2) is 16.8 Å². The zero-order valence-electron chi connectivity index (χ0n) is 21.2. The summed E-state index contributed by atoms with van der Waals surface area (Å²) in [7, 11) is -7.46. The summed E-state index contributed by atoms with van der Waals surface area (Å²) < 4.78 is 101. The third-order valence-corrected chi connectivity index (χ3v) is 9.96. The topological polar surface area (TPSA) is 122 Å². The summed E-state index contributed by atoms with van der Waals surface area (Å²) >= 11 is 0. The Balaban J connectivity index is 1.25. The molecular formula is C25H31F3N2O7S2. The number of nitrogens with zero attached hydrogens (tertiary/aromatic N) is 1. The van der Waals surface area contributed by atoms with Crippen LogP contribution >= 0.6 is 0 Å². The van der Waals surface area contributed by atoms with Gasteiger partial charge in [-0.1, -0.05) is 12.1 Å². The first-order valence-electron chi connectivity index (χ1n) is 12.3. The van der Waals surface area contributed by atoms with E-state index in [1.54, 1.807) is 12.1 Å². The van der Waals surface area contributed by atoms with E-state index in [1.807, 2.05) is 0 Å². The highest BCUT2D eigenvalue weighted by Crippen LogP contribution is 2.38. The Morgan fingerprint density at radius 3 is 2.44 bits per heavy atom. The number of ether oxygens (including phenoxy) is 2. The maximum atomic E-state index is 13.0. The maximum Gasteiger partial charge on any atom is 0.416 e. The van der Waals surface area contributed by atoms with Crippen molar-refractivity contribution in [2.24, 2.45) is 0 Å². The van der Waals surface area contributed by atoms with Crippen LogP contribution in [0.15, 0.2) is 58.3 Å². The Morgan fingerprint density at radius 2 is 1.77 bits per heavy atom. The number of hydrogen-bond acceptors (Lipinski definition) is 8. The van der Waals surface area contributed by atoms with Gasteiger partial charge in [0.15, 0.2) is 9.84 Å². The number of hydrogen-bond donors (Lipinski definition) is 2. The smallest absolute Gasteiger partial charge is 0.416 e. The lowest BCUT2D eigenvalue weighted by Gasteiger charge is -2.38. The van der Waals surface area contributed by atoms with Crippen molar-refractivity contribution in [2.75, 3.05) is 39.1 Å². The maximum absolute atomic E-state index is 13.0. The van der Waals surface area contributed by atoms with Crippen molar-refractivity contribution in [3.05, 3.63) is 54.1 Å². The molecule has 0 amide bonds. The second-order valence-electron chi connectivity index (χ2n) is 9.94. The lowest BCUT2D eigenvalue weighted by Crippen LogP contribution is -2.47. The summed E-state index contributed by atoms with van der Waals surface area (Å²) in [6.07, 6.45) is -3.03. The summed E-state index contributed by atoms with van der Waals surface area (Å²) in [5, 5.41) is 13.5. The lowest BCUT2D eigenvalue weighted by atomic mass is 9.88. The van der Waals surface area contributed by atoms with Gasteiger partial charge in [0.1, 0.15) is 18.5 Å². The van der Waals surface area contributed by atoms with Crippen LogP contribution in [0.1, 0.15) is 24.8 Å². The largest absolute Gasteiger partial charge is 0.491 e. The molecular weight excluding hydrogens is 561 g/mol. The van der Waals surface area contributed by atoms with Gasteiger partial charge in [-0.2, -0.15) is 17.5 Å². The number of benzene rings is 2. The Kier molecular flexibility index (Phi) is 8.64. The summed E-state index contributed by atoms with van der Waals surface area (Å²) in [6, 6.07) is 9.67. The summed E-state index contributed by atoms with van der Waals surface area (Å²) in [6.45, 7) is 0.750. The van der Waals surface area contributed by atoms with Gasteiger partial charge in [0.05, 0.1) is 27.6 Å². The van der Waals surface area contributed by atoms with E-state index in [2.05, 4.69) is 5.32 Å². The summed E-state index contributed by atoms with van der Waals surface area (Å²) in [4.78, 5) is -0.269. The predicted octanol–water partition coefficient (Wildman–Crippen LogP) is 2.45. The summed E-state index contributed by atoms with van der Waals surface area (Å²) in [5.74, 6) is 0.326. The van der Waals surface area contributed by atoms with Crippen LogP contribution < -0.4 is 10.1 Å². The van der Waals surface area contributed by atoms with Gasteiger partial charge in [0, 0.05) is 31.9 Å². The lowest BCUT2D eigenvalue weighted by molar-refractivity contribution is -0.137. The van der Waals surface area contributed by atoms with Crippen LogP contribution in [-0.4, -0.2) is 83.1 Å². The highest BCUT2D eigenvalue weighted by atomic mass is 32.2. The van der Waals surface area contributed by atoms with Crippen LogP contribution in [0.5, 0.6) is 5.75 Å². The first kappa shape index (κ1) is 29.7. The Labute approximate surface area is 225 Å². The number of aliphatic hydroxyl groups excluding tert-OH is 1. The molecule has 2 aliphatic rings. The van der Waals surface area contributed by atoms with E-state index >= 15 is 0 Å². The van der Waals surface area contributed by atoms with E-state index in [-0.39, 0.29) is 42.1 Å². The van der Waals surface area contributed by atoms with Gasteiger partial charge in [-0.05, 0) is 55.7 Å². The van der Waals surface area contributed by atoms with Crippen LogP contribution in [0, 0.1) is 0 Å². The molecule has 2 fully saturated rings. The van der Waals surface area contributed by atoms with Gasteiger partial charge in [-0.15, -0.1) is 0 Å². The molecule has 1 unspecified atom stereocenters. The van der Waals surface area contributed by atoms with Gasteiger partial charge in [0.2, 0.25) is 10.0 Å². The van der Waals surface area contributed by atoms with E-state index in [4.69, 9.17) is 9.47 Å². The quantitative estimate of drug-likeness (QED) is 0.456. The monoisotopic (exact) mass is 592 g/mol. The molecule has 0 aromatic heterocycles. The van der Waals surface area contributed by atoms with Crippen molar-refractivity contribution in [3.63, 3.8) is 0 Å². The van der Waals surface area contributed by atoms with Gasteiger partial charge < -0.3 is 19.9 Å². The molecule has 0 radical (unpaired) electrons. The molecule has 2 aliphatic heterocycles. The second kappa shape index (κ2) is 11.3. The molecule has 9 nitrogen and oxygen atoms in total. The fourth-order valence-corrected chi connectivity index (χ4v) is 6.93. The van der Waals surface area contributed by atoms with Crippen LogP contribution in [0.2, 0.25) is 0 Å². The van der Waals surface area contributed by atoms with Crippen molar-refractivity contribution < 1.29 is 44.6 Å². The molecule has 2 aromatic carbocycles. The molecule has 0 bridgehead atoms. The normalized spacial score (nSPS) is 21.2. The van der Waals surface area contributed by atoms with E-state index in [1.165, 1.54) is 22.5 Å². The zero-order chi connectivity index (χ0) is 28.5. The number of rotatable bonds is 9. The minimum atomic E-state index is -4.64. The molecule has 0 saturated carbocycles. The molecule has 1 spiro atoms. The van der Waals surface area contributed by atoms with Crippen LogP contribution in [0.25, 0.3) is 0 Å². The zero-order valence-corrected chi connectivity index (χ0v) is 22.9. The SMILES string of the molecule is CS(=O)(=O)c1cccc(OC[C@@H](O)CNC2COC3(CCN(S(=O)(=O)c4cccc(C(F)(F)F)c4)CC3)C2)c1. The van der Waals surface area contributed by atoms with Crippen LogP contribution in [-0.2, 0) is 30.8 Å².